The van der Waals surface area contributed by atoms with Crippen molar-refractivity contribution in [2.75, 3.05) is 55.4 Å². The lowest BCUT2D eigenvalue weighted by atomic mass is 10.8. The molecule has 10 nitrogen and oxygen atoms in total. The van der Waals surface area contributed by atoms with Gasteiger partial charge < -0.3 is 23.2 Å². The molecule has 0 fully saturated rings. The quantitative estimate of drug-likeness (QED) is 0.155. The van der Waals surface area contributed by atoms with E-state index in [1.807, 2.05) is 0 Å². The van der Waals surface area contributed by atoms with Crippen LogP contribution in [0.25, 0.3) is 0 Å². The van der Waals surface area contributed by atoms with Crippen LogP contribution in [0.5, 0.6) is 0 Å². The Kier molecular flexibility index (Phi) is 13.6. The van der Waals surface area contributed by atoms with Crippen LogP contribution in [0.15, 0.2) is 0 Å². The van der Waals surface area contributed by atoms with Crippen LogP contribution in [0.4, 0.5) is 0 Å². The van der Waals surface area contributed by atoms with Crippen molar-refractivity contribution in [2.45, 2.75) is 27.7 Å². The van der Waals surface area contributed by atoms with E-state index < -0.39 is 59.3 Å². The van der Waals surface area contributed by atoms with Crippen LogP contribution in [0, 0.1) is 0 Å². The zero-order valence-electron chi connectivity index (χ0n) is 17.2. The highest BCUT2D eigenvalue weighted by Gasteiger charge is 2.45. The van der Waals surface area contributed by atoms with Gasteiger partial charge in [0.1, 0.15) is 23.9 Å². The van der Waals surface area contributed by atoms with Crippen LogP contribution in [-0.2, 0) is 41.4 Å². The van der Waals surface area contributed by atoms with Gasteiger partial charge in [0.2, 0.25) is 29.5 Å². The van der Waals surface area contributed by atoms with Gasteiger partial charge >= 0.3 is 5.97 Å². The lowest BCUT2D eigenvalue weighted by molar-refractivity contribution is -0.140. The van der Waals surface area contributed by atoms with E-state index >= 15 is 0 Å². The Morgan fingerprint density at radius 2 is 1.17 bits per heavy atom. The maximum atomic E-state index is 13.4. The number of alkyl halides is 1. The predicted molar refractivity (Wildman–Crippen MR) is 117 cm³/mol. The Bertz CT molecular complexity index is 713. The first-order valence-electron chi connectivity index (χ1n) is 9.02. The fraction of sp³-hybridized carbons (Fsp3) is 0.929. The second kappa shape index (κ2) is 13.3. The molecule has 0 aromatic carbocycles. The van der Waals surface area contributed by atoms with Gasteiger partial charge in [-0.15, -0.1) is 0 Å². The number of hydrogen-bond donors (Lipinski definition) is 1. The molecular formula is C14H31BrO10P4. The average molecular weight is 563 g/mol. The minimum Gasteiger partial charge on any atom is -0.466 e. The van der Waals surface area contributed by atoms with Gasteiger partial charge in [0.05, 0.1) is 31.5 Å². The maximum absolute atomic E-state index is 13.4. The van der Waals surface area contributed by atoms with E-state index in [0.29, 0.717) is 0 Å². The SMILES string of the molecule is CCOC(=O)CP(=O)(CP(=O)(CP(=O)(CP(=O)(O)CBr)OCC)OCC)OCC. The molecule has 29 heavy (non-hydrogen) atoms. The second-order valence-electron chi connectivity index (χ2n) is 6.05. The van der Waals surface area contributed by atoms with Gasteiger partial charge in [-0.25, -0.2) is 0 Å². The van der Waals surface area contributed by atoms with Crippen molar-refractivity contribution in [3.8, 4) is 0 Å². The summed E-state index contributed by atoms with van der Waals surface area (Å²) in [5.41, 5.74) is 0. The molecule has 0 saturated heterocycles. The van der Waals surface area contributed by atoms with Gasteiger partial charge in [0.15, 0.2) is 0 Å². The van der Waals surface area contributed by atoms with Crippen molar-refractivity contribution in [3.05, 3.63) is 0 Å². The second-order valence-corrected chi connectivity index (χ2v) is 18.9. The Labute approximate surface area is 180 Å². The first-order valence-corrected chi connectivity index (χ1v) is 18.2. The van der Waals surface area contributed by atoms with Crippen molar-refractivity contribution in [1.29, 1.82) is 0 Å². The van der Waals surface area contributed by atoms with Crippen molar-refractivity contribution in [3.63, 3.8) is 0 Å². The molecule has 0 heterocycles. The van der Waals surface area contributed by atoms with Gasteiger partial charge in [0.25, 0.3) is 0 Å². The standard InChI is InChI=1S/C14H31BrO10P4/c1-5-22-14(16)9-27(19,23-6-2)12-29(21,25-8-4)13-28(20,24-7-3)11-26(17,18)10-15/h5-13H2,1-4H3,(H,17,18). The minimum absolute atomic E-state index is 0.0125. The number of rotatable bonds is 16. The number of carbonyl (C=O) groups excluding carboxylic acids is 1. The van der Waals surface area contributed by atoms with E-state index in [0.717, 1.165) is 0 Å². The zero-order chi connectivity index (χ0) is 22.8. The molecule has 4 atom stereocenters. The monoisotopic (exact) mass is 562 g/mol. The van der Waals surface area contributed by atoms with Crippen molar-refractivity contribution >= 4 is 51.4 Å². The summed E-state index contributed by atoms with van der Waals surface area (Å²) in [5.74, 6) is -2.81. The molecule has 174 valence electrons. The van der Waals surface area contributed by atoms with Gasteiger partial charge in [0, 0.05) is 0 Å². The highest BCUT2D eigenvalue weighted by Crippen LogP contribution is 2.72. The summed E-state index contributed by atoms with van der Waals surface area (Å²) in [4.78, 5) is 21.7. The molecule has 15 heteroatoms. The van der Waals surface area contributed by atoms with Crippen molar-refractivity contribution in [1.82, 2.24) is 0 Å². The lowest BCUT2D eigenvalue weighted by Crippen LogP contribution is -2.15. The number of halogens is 1. The Morgan fingerprint density at radius 3 is 1.59 bits per heavy atom. The molecule has 0 spiro atoms. The lowest BCUT2D eigenvalue weighted by Gasteiger charge is -2.27. The van der Waals surface area contributed by atoms with E-state index in [1.165, 1.54) is 0 Å². The molecule has 0 saturated carbocycles. The predicted octanol–water partition coefficient (Wildman–Crippen LogP) is 4.99. The molecule has 0 amide bonds. The molecule has 0 aliphatic rings. The van der Waals surface area contributed by atoms with Crippen molar-refractivity contribution < 1.29 is 46.3 Å². The van der Waals surface area contributed by atoms with E-state index in [4.69, 9.17) is 18.3 Å². The Balaban J connectivity index is 5.86. The number of ether oxygens (including phenoxy) is 1. The third-order valence-corrected chi connectivity index (χ3v) is 19.3. The van der Waals surface area contributed by atoms with Gasteiger partial charge in [-0.3, -0.25) is 23.1 Å². The molecule has 1 N–H and O–H groups in total. The molecular weight excluding hydrogens is 532 g/mol. The molecule has 0 aliphatic heterocycles. The van der Waals surface area contributed by atoms with Crippen LogP contribution in [-0.4, -0.2) is 66.2 Å². The maximum Gasteiger partial charge on any atom is 0.315 e. The first kappa shape index (κ1) is 29.7. The van der Waals surface area contributed by atoms with Gasteiger partial charge in [-0.05, 0) is 27.7 Å². The van der Waals surface area contributed by atoms with E-state index in [9.17, 15) is 27.9 Å². The molecule has 0 rings (SSSR count). The highest BCUT2D eigenvalue weighted by atomic mass is 79.9. The Hall–Kier alpha value is 0.710. The Morgan fingerprint density at radius 1 is 0.759 bits per heavy atom. The normalized spacial score (nSPS) is 20.1. The minimum atomic E-state index is -3.93. The molecule has 0 bridgehead atoms. The summed E-state index contributed by atoms with van der Waals surface area (Å²) in [6.07, 6.45) is -0.607. The van der Waals surface area contributed by atoms with Gasteiger partial charge in [-0.2, -0.15) is 0 Å². The highest BCUT2D eigenvalue weighted by molar-refractivity contribution is 9.10. The zero-order valence-corrected chi connectivity index (χ0v) is 22.3. The summed E-state index contributed by atoms with van der Waals surface area (Å²) in [5, 5.41) is -0.309. The molecule has 0 aliphatic carbocycles. The largest absolute Gasteiger partial charge is 0.466 e. The van der Waals surface area contributed by atoms with Crippen LogP contribution < -0.4 is 0 Å². The van der Waals surface area contributed by atoms with E-state index in [1.54, 1.807) is 27.7 Å². The van der Waals surface area contributed by atoms with Gasteiger partial charge in [-0.1, -0.05) is 15.9 Å². The van der Waals surface area contributed by atoms with Crippen LogP contribution in [0.2, 0.25) is 0 Å². The number of esters is 1. The molecule has 0 radical (unpaired) electrons. The molecule has 0 aromatic heterocycles. The third-order valence-electron chi connectivity index (χ3n) is 3.25. The average Bonchev–Trinajstić information content (AvgIpc) is 2.53. The van der Waals surface area contributed by atoms with Crippen LogP contribution >= 0.6 is 45.4 Å². The summed E-state index contributed by atoms with van der Waals surface area (Å²) >= 11 is 2.89. The summed E-state index contributed by atoms with van der Waals surface area (Å²) in [6, 6.07) is 0. The summed E-state index contributed by atoms with van der Waals surface area (Å²) in [6.45, 7) is 6.21. The fourth-order valence-corrected chi connectivity index (χ4v) is 18.6. The number of carbonyl (C=O) groups is 1. The molecule has 0 aromatic rings. The topological polar surface area (TPSA) is 142 Å². The molecule has 4 unspecified atom stereocenters. The van der Waals surface area contributed by atoms with E-state index in [-0.39, 0.29) is 31.5 Å². The van der Waals surface area contributed by atoms with Crippen molar-refractivity contribution in [2.24, 2.45) is 0 Å². The summed E-state index contributed by atoms with van der Waals surface area (Å²) < 4.78 is 72.5. The first-order chi connectivity index (χ1) is 13.3. The van der Waals surface area contributed by atoms with E-state index in [2.05, 4.69) is 15.9 Å². The fourth-order valence-electron chi connectivity index (χ4n) is 2.53. The van der Waals surface area contributed by atoms with Crippen LogP contribution in [0.1, 0.15) is 27.7 Å². The summed E-state index contributed by atoms with van der Waals surface area (Å²) in [7, 11) is -15.5. The smallest absolute Gasteiger partial charge is 0.315 e. The van der Waals surface area contributed by atoms with Crippen LogP contribution in [0.3, 0.4) is 0 Å². The third kappa shape index (κ3) is 11.8. The number of hydrogen-bond acceptors (Lipinski definition) is 9.